The molecule has 2 rings (SSSR count). The van der Waals surface area contributed by atoms with Gasteiger partial charge in [0.2, 0.25) is 0 Å². The average Bonchev–Trinajstić information content (AvgIpc) is 2.35. The van der Waals surface area contributed by atoms with Crippen LogP contribution in [0.5, 0.6) is 0 Å². The first kappa shape index (κ1) is 15.6. The van der Waals surface area contributed by atoms with Gasteiger partial charge in [-0.2, -0.15) is 0 Å². The Labute approximate surface area is 138 Å². The summed E-state index contributed by atoms with van der Waals surface area (Å²) in [5.41, 5.74) is 0.690. The van der Waals surface area contributed by atoms with Crippen molar-refractivity contribution in [1.82, 2.24) is 0 Å². The molecule has 0 aliphatic heterocycles. The van der Waals surface area contributed by atoms with Crippen LogP contribution in [-0.4, -0.2) is 5.91 Å². The number of carbonyl (C=O) groups excluding carboxylic acids is 1. The topological polar surface area (TPSA) is 29.1 Å². The predicted octanol–water partition coefficient (Wildman–Crippen LogP) is 5.44. The standard InChI is InChI=1S/C13H7BrCl2FNOS/c14-6-1-2-8(11(20)3-6)13(19)18-7-4-9(15)12(17)10(16)5-7/h1-5,20H,(H,18,19). The summed E-state index contributed by atoms with van der Waals surface area (Å²) in [4.78, 5) is 12.6. The fraction of sp³-hybridized carbons (Fsp3) is 0. The molecule has 0 saturated carbocycles. The molecule has 0 aliphatic rings. The van der Waals surface area contributed by atoms with Gasteiger partial charge in [-0.1, -0.05) is 39.1 Å². The molecule has 0 radical (unpaired) electrons. The molecule has 104 valence electrons. The lowest BCUT2D eigenvalue weighted by Crippen LogP contribution is -2.12. The SMILES string of the molecule is O=C(Nc1cc(Cl)c(F)c(Cl)c1)c1ccc(Br)cc1S. The Balaban J connectivity index is 2.28. The van der Waals surface area contributed by atoms with Gasteiger partial charge < -0.3 is 5.32 Å². The molecular weight excluding hydrogens is 388 g/mol. The zero-order chi connectivity index (χ0) is 14.9. The van der Waals surface area contributed by atoms with E-state index in [1.807, 2.05) is 0 Å². The molecule has 20 heavy (non-hydrogen) atoms. The molecule has 0 spiro atoms. The molecule has 2 nitrogen and oxygen atoms in total. The summed E-state index contributed by atoms with van der Waals surface area (Å²) >= 11 is 18.8. The van der Waals surface area contributed by atoms with Gasteiger partial charge in [0.05, 0.1) is 15.6 Å². The quantitative estimate of drug-likeness (QED) is 0.515. The molecule has 2 aromatic rings. The van der Waals surface area contributed by atoms with Gasteiger partial charge in [-0.15, -0.1) is 12.6 Å². The van der Waals surface area contributed by atoms with Gasteiger partial charge in [0.25, 0.3) is 5.91 Å². The van der Waals surface area contributed by atoms with Crippen LogP contribution in [0.15, 0.2) is 39.7 Å². The van der Waals surface area contributed by atoms with E-state index in [1.165, 1.54) is 12.1 Å². The number of anilines is 1. The van der Waals surface area contributed by atoms with Crippen molar-refractivity contribution in [3.63, 3.8) is 0 Å². The number of halogens is 4. The average molecular weight is 395 g/mol. The number of rotatable bonds is 2. The Kier molecular flexibility index (Phi) is 4.96. The van der Waals surface area contributed by atoms with Crippen LogP contribution in [0.1, 0.15) is 10.4 Å². The summed E-state index contributed by atoms with van der Waals surface area (Å²) in [6.07, 6.45) is 0. The second-order valence-electron chi connectivity index (χ2n) is 3.87. The van der Waals surface area contributed by atoms with Gasteiger partial charge in [-0.05, 0) is 30.3 Å². The maximum absolute atomic E-state index is 13.3. The fourth-order valence-electron chi connectivity index (χ4n) is 1.52. The maximum atomic E-state index is 13.3. The highest BCUT2D eigenvalue weighted by Gasteiger charge is 2.13. The Morgan fingerprint density at radius 3 is 2.35 bits per heavy atom. The zero-order valence-electron chi connectivity index (χ0n) is 9.75. The van der Waals surface area contributed by atoms with Crippen LogP contribution in [0.3, 0.4) is 0 Å². The van der Waals surface area contributed by atoms with Crippen LogP contribution >= 0.6 is 51.8 Å². The normalized spacial score (nSPS) is 10.4. The Bertz CT molecular complexity index is 673. The van der Waals surface area contributed by atoms with Gasteiger partial charge in [0, 0.05) is 15.1 Å². The van der Waals surface area contributed by atoms with E-state index in [4.69, 9.17) is 23.2 Å². The van der Waals surface area contributed by atoms with E-state index in [9.17, 15) is 9.18 Å². The number of amides is 1. The summed E-state index contributed by atoms with van der Waals surface area (Å²) in [5.74, 6) is -1.11. The number of hydrogen-bond donors (Lipinski definition) is 2. The Morgan fingerprint density at radius 2 is 1.80 bits per heavy atom. The van der Waals surface area contributed by atoms with E-state index in [1.54, 1.807) is 18.2 Å². The van der Waals surface area contributed by atoms with Crippen LogP contribution in [0.2, 0.25) is 10.0 Å². The minimum Gasteiger partial charge on any atom is -0.322 e. The smallest absolute Gasteiger partial charge is 0.256 e. The van der Waals surface area contributed by atoms with Gasteiger partial charge in [-0.25, -0.2) is 4.39 Å². The fourth-order valence-corrected chi connectivity index (χ4v) is 2.86. The van der Waals surface area contributed by atoms with Crippen LogP contribution in [-0.2, 0) is 0 Å². The van der Waals surface area contributed by atoms with Crippen molar-refractivity contribution in [3.8, 4) is 0 Å². The molecular formula is C13H7BrCl2FNOS. The Hall–Kier alpha value is -0.750. The third-order valence-electron chi connectivity index (χ3n) is 2.45. The molecule has 1 N–H and O–H groups in total. The summed E-state index contributed by atoms with van der Waals surface area (Å²) in [6.45, 7) is 0. The molecule has 0 fully saturated rings. The number of hydrogen-bond acceptors (Lipinski definition) is 2. The van der Waals surface area contributed by atoms with E-state index in [0.29, 0.717) is 16.1 Å². The van der Waals surface area contributed by atoms with E-state index < -0.39 is 5.82 Å². The minimum atomic E-state index is -0.718. The predicted molar refractivity (Wildman–Crippen MR) is 85.8 cm³/mol. The van der Waals surface area contributed by atoms with Crippen molar-refractivity contribution in [2.45, 2.75) is 4.90 Å². The third-order valence-corrected chi connectivity index (χ3v) is 3.86. The lowest BCUT2D eigenvalue weighted by atomic mass is 10.2. The summed E-state index contributed by atoms with van der Waals surface area (Å²) in [7, 11) is 0. The van der Waals surface area contributed by atoms with Crippen molar-refractivity contribution in [2.24, 2.45) is 0 Å². The number of nitrogens with one attached hydrogen (secondary N) is 1. The van der Waals surface area contributed by atoms with Crippen molar-refractivity contribution < 1.29 is 9.18 Å². The van der Waals surface area contributed by atoms with E-state index in [-0.39, 0.29) is 16.0 Å². The van der Waals surface area contributed by atoms with E-state index in [0.717, 1.165) is 4.47 Å². The van der Waals surface area contributed by atoms with Gasteiger partial charge in [0.1, 0.15) is 0 Å². The summed E-state index contributed by atoms with van der Waals surface area (Å²) in [5, 5.41) is 2.27. The Morgan fingerprint density at radius 1 is 1.20 bits per heavy atom. The van der Waals surface area contributed by atoms with Crippen LogP contribution in [0, 0.1) is 5.82 Å². The van der Waals surface area contributed by atoms with Crippen LogP contribution in [0.4, 0.5) is 10.1 Å². The summed E-state index contributed by atoms with van der Waals surface area (Å²) < 4.78 is 14.1. The van der Waals surface area contributed by atoms with Crippen molar-refractivity contribution in [3.05, 3.63) is 56.2 Å². The number of carbonyl (C=O) groups is 1. The molecule has 0 atom stereocenters. The van der Waals surface area contributed by atoms with Gasteiger partial charge in [-0.3, -0.25) is 4.79 Å². The highest BCUT2D eigenvalue weighted by Crippen LogP contribution is 2.28. The summed E-state index contributed by atoms with van der Waals surface area (Å²) in [6, 6.07) is 7.62. The number of thiol groups is 1. The number of benzene rings is 2. The monoisotopic (exact) mass is 393 g/mol. The van der Waals surface area contributed by atoms with Crippen LogP contribution in [0.25, 0.3) is 0 Å². The maximum Gasteiger partial charge on any atom is 0.256 e. The minimum absolute atomic E-state index is 0.158. The molecule has 2 aromatic carbocycles. The zero-order valence-corrected chi connectivity index (χ0v) is 13.7. The largest absolute Gasteiger partial charge is 0.322 e. The first-order chi connectivity index (χ1) is 9.38. The van der Waals surface area contributed by atoms with Gasteiger partial charge >= 0.3 is 0 Å². The lowest BCUT2D eigenvalue weighted by molar-refractivity contribution is 0.102. The van der Waals surface area contributed by atoms with Crippen molar-refractivity contribution in [1.29, 1.82) is 0 Å². The lowest BCUT2D eigenvalue weighted by Gasteiger charge is -2.09. The second kappa shape index (κ2) is 6.35. The first-order valence-corrected chi connectivity index (χ1v) is 7.32. The highest BCUT2D eigenvalue weighted by molar-refractivity contribution is 9.10. The second-order valence-corrected chi connectivity index (χ2v) is 6.08. The molecule has 7 heteroatoms. The molecule has 1 amide bonds. The van der Waals surface area contributed by atoms with Crippen molar-refractivity contribution in [2.75, 3.05) is 5.32 Å². The highest BCUT2D eigenvalue weighted by atomic mass is 79.9. The van der Waals surface area contributed by atoms with Crippen molar-refractivity contribution >= 4 is 63.4 Å². The molecule has 0 aliphatic carbocycles. The first-order valence-electron chi connectivity index (χ1n) is 5.33. The molecule has 0 saturated heterocycles. The van der Waals surface area contributed by atoms with E-state index in [2.05, 4.69) is 33.9 Å². The molecule has 0 heterocycles. The molecule has 0 unspecified atom stereocenters. The van der Waals surface area contributed by atoms with E-state index >= 15 is 0 Å². The third kappa shape index (κ3) is 3.47. The molecule has 0 aromatic heterocycles. The van der Waals surface area contributed by atoms with Crippen LogP contribution < -0.4 is 5.32 Å². The van der Waals surface area contributed by atoms with Gasteiger partial charge in [0.15, 0.2) is 5.82 Å². The molecule has 0 bridgehead atoms.